The molecule has 0 fully saturated rings. The molecule has 0 aromatic rings. The fourth-order valence-corrected chi connectivity index (χ4v) is 6.30. The molecule has 0 amide bonds. The Morgan fingerprint density at radius 2 is 0.318 bits per heavy atom. The van der Waals surface area contributed by atoms with Gasteiger partial charge in [0.15, 0.2) is 0 Å². The first-order valence-corrected chi connectivity index (χ1v) is 20.8. The summed E-state index contributed by atoms with van der Waals surface area (Å²) in [4.78, 5) is 0. The lowest BCUT2D eigenvalue weighted by atomic mass is 10.0. The quantitative estimate of drug-likeness (QED) is 0.0494. The Labute approximate surface area is 280 Å². The normalized spacial score (nSPS) is 10.9. The highest BCUT2D eigenvalue weighted by molar-refractivity contribution is 5.00. The van der Waals surface area contributed by atoms with Gasteiger partial charge in [-0.1, -0.05) is 206 Å². The van der Waals surface area contributed by atoms with Gasteiger partial charge < -0.3 is 0 Å². The molecule has 0 saturated heterocycles. The molecule has 0 rings (SSSR count). The van der Waals surface area contributed by atoms with Gasteiger partial charge in [-0.2, -0.15) is 0 Å². The molecular formula is C44H82. The smallest absolute Gasteiger partial charge is 0.00890 e. The van der Waals surface area contributed by atoms with Crippen LogP contribution in [0.5, 0.6) is 0 Å². The predicted molar refractivity (Wildman–Crippen MR) is 202 cm³/mol. The monoisotopic (exact) mass is 611 g/mol. The maximum absolute atomic E-state index is 3.41. The molecule has 0 saturated carbocycles. The van der Waals surface area contributed by atoms with Gasteiger partial charge in [0.05, 0.1) is 0 Å². The molecule has 0 aliphatic heterocycles. The Kier molecular flexibility index (Phi) is 41.3. The zero-order valence-corrected chi connectivity index (χ0v) is 30.9. The van der Waals surface area contributed by atoms with Crippen LogP contribution in [0.15, 0.2) is 0 Å². The van der Waals surface area contributed by atoms with Crippen molar-refractivity contribution >= 4 is 0 Å². The van der Waals surface area contributed by atoms with Crippen LogP contribution in [0.3, 0.4) is 0 Å². The lowest BCUT2D eigenvalue weighted by Crippen LogP contribution is -1.83. The van der Waals surface area contributed by atoms with Crippen molar-refractivity contribution in [3.63, 3.8) is 0 Å². The van der Waals surface area contributed by atoms with Crippen molar-refractivity contribution in [3.8, 4) is 23.7 Å². The van der Waals surface area contributed by atoms with Gasteiger partial charge in [0, 0.05) is 25.7 Å². The lowest BCUT2D eigenvalue weighted by Gasteiger charge is -2.03. The average Bonchev–Trinajstić information content (AvgIpc) is 3.04. The van der Waals surface area contributed by atoms with Crippen molar-refractivity contribution in [2.75, 3.05) is 0 Å². The fraction of sp³-hybridized carbons (Fsp3) is 0.909. The molecule has 0 nitrogen and oxygen atoms in total. The Morgan fingerprint density at radius 1 is 0.182 bits per heavy atom. The van der Waals surface area contributed by atoms with E-state index in [-0.39, 0.29) is 0 Å². The summed E-state index contributed by atoms with van der Waals surface area (Å²) in [5.74, 6) is 13.6. The minimum absolute atomic E-state index is 1.07. The van der Waals surface area contributed by atoms with E-state index in [0.29, 0.717) is 0 Å². The van der Waals surface area contributed by atoms with E-state index in [1.807, 2.05) is 0 Å². The van der Waals surface area contributed by atoms with Gasteiger partial charge in [0.25, 0.3) is 0 Å². The Balaban J connectivity index is 3.18. The molecule has 0 bridgehead atoms. The number of unbranched alkanes of at least 4 members (excludes halogenated alkanes) is 35. The van der Waals surface area contributed by atoms with Crippen LogP contribution in [0.2, 0.25) is 0 Å². The van der Waals surface area contributed by atoms with Gasteiger partial charge in [-0.25, -0.2) is 0 Å². The highest BCUT2D eigenvalue weighted by Gasteiger charge is 1.96. The fourth-order valence-electron chi connectivity index (χ4n) is 6.30. The second-order valence-corrected chi connectivity index (χ2v) is 14.0. The summed E-state index contributed by atoms with van der Waals surface area (Å²) in [5.41, 5.74) is 0. The molecule has 0 aliphatic rings. The summed E-state index contributed by atoms with van der Waals surface area (Å²) < 4.78 is 0. The summed E-state index contributed by atoms with van der Waals surface area (Å²) >= 11 is 0. The highest BCUT2D eigenvalue weighted by atomic mass is 14.0. The SMILES string of the molecule is CCCCCCCCCCCCCCCCCCC#CCCCCC#CCCCCCCCCCCCCCCCCCC. The standard InChI is InChI=1S/C44H82/c1-3-5-7-9-11-13-15-17-19-21-23-25-27-29-31-33-35-37-39-41-43-44-42-40-38-36-34-32-30-28-26-24-22-20-18-16-14-12-10-8-6-4-2/h3-36,41-44H2,1-2H3. The minimum Gasteiger partial charge on any atom is -0.103 e. The molecular weight excluding hydrogens is 528 g/mol. The topological polar surface area (TPSA) is 0 Å². The van der Waals surface area contributed by atoms with Crippen LogP contribution in [-0.2, 0) is 0 Å². The summed E-state index contributed by atoms with van der Waals surface area (Å²) in [6.07, 6.45) is 52.8. The molecule has 0 heteroatoms. The van der Waals surface area contributed by atoms with E-state index in [2.05, 4.69) is 37.5 Å². The van der Waals surface area contributed by atoms with Gasteiger partial charge in [-0.3, -0.25) is 0 Å². The first-order chi connectivity index (χ1) is 21.9. The molecule has 0 heterocycles. The van der Waals surface area contributed by atoms with Gasteiger partial charge in [-0.15, -0.1) is 23.7 Å². The Bertz CT molecular complexity index is 566. The molecule has 0 atom stereocenters. The van der Waals surface area contributed by atoms with Crippen LogP contribution in [0.1, 0.15) is 258 Å². The van der Waals surface area contributed by atoms with E-state index >= 15 is 0 Å². The molecule has 0 radical (unpaired) electrons. The van der Waals surface area contributed by atoms with Crippen LogP contribution >= 0.6 is 0 Å². The number of rotatable bonds is 35. The third-order valence-electron chi connectivity index (χ3n) is 9.41. The zero-order valence-electron chi connectivity index (χ0n) is 30.9. The van der Waals surface area contributed by atoms with Crippen LogP contribution in [0.4, 0.5) is 0 Å². The molecule has 0 spiro atoms. The second kappa shape index (κ2) is 42.1. The molecule has 0 aliphatic carbocycles. The summed E-state index contributed by atoms with van der Waals surface area (Å²) in [5, 5.41) is 0. The molecule has 0 aromatic carbocycles. The third-order valence-corrected chi connectivity index (χ3v) is 9.41. The van der Waals surface area contributed by atoms with Gasteiger partial charge >= 0.3 is 0 Å². The van der Waals surface area contributed by atoms with Gasteiger partial charge in [-0.05, 0) is 25.7 Å². The summed E-state index contributed by atoms with van der Waals surface area (Å²) in [7, 11) is 0. The Hall–Kier alpha value is -0.880. The van der Waals surface area contributed by atoms with Crippen molar-refractivity contribution in [2.24, 2.45) is 0 Å². The van der Waals surface area contributed by atoms with E-state index in [4.69, 9.17) is 0 Å². The van der Waals surface area contributed by atoms with Gasteiger partial charge in [0.2, 0.25) is 0 Å². The van der Waals surface area contributed by atoms with Crippen LogP contribution in [0.25, 0.3) is 0 Å². The van der Waals surface area contributed by atoms with Gasteiger partial charge in [0.1, 0.15) is 0 Å². The zero-order chi connectivity index (χ0) is 31.7. The molecule has 258 valence electrons. The van der Waals surface area contributed by atoms with Crippen molar-refractivity contribution in [3.05, 3.63) is 0 Å². The van der Waals surface area contributed by atoms with E-state index in [0.717, 1.165) is 25.7 Å². The van der Waals surface area contributed by atoms with Crippen molar-refractivity contribution in [2.45, 2.75) is 258 Å². The van der Waals surface area contributed by atoms with Crippen molar-refractivity contribution in [1.29, 1.82) is 0 Å². The summed E-state index contributed by atoms with van der Waals surface area (Å²) in [6, 6.07) is 0. The van der Waals surface area contributed by atoms with Crippen molar-refractivity contribution < 1.29 is 0 Å². The molecule has 0 unspecified atom stereocenters. The predicted octanol–water partition coefficient (Wildman–Crippen LogP) is 15.9. The summed E-state index contributed by atoms with van der Waals surface area (Å²) in [6.45, 7) is 4.61. The van der Waals surface area contributed by atoms with Crippen LogP contribution in [-0.4, -0.2) is 0 Å². The maximum Gasteiger partial charge on any atom is 0.00890 e. The Morgan fingerprint density at radius 3 is 0.500 bits per heavy atom. The average molecular weight is 611 g/mol. The van der Waals surface area contributed by atoms with E-state index in [9.17, 15) is 0 Å². The number of hydrogen-bond donors (Lipinski definition) is 0. The van der Waals surface area contributed by atoms with Crippen LogP contribution < -0.4 is 0 Å². The lowest BCUT2D eigenvalue weighted by molar-refractivity contribution is 0.530. The molecule has 44 heavy (non-hydrogen) atoms. The van der Waals surface area contributed by atoms with Crippen molar-refractivity contribution in [1.82, 2.24) is 0 Å². The second-order valence-electron chi connectivity index (χ2n) is 14.0. The third kappa shape index (κ3) is 41.1. The first-order valence-electron chi connectivity index (χ1n) is 20.8. The highest BCUT2D eigenvalue weighted by Crippen LogP contribution is 2.15. The maximum atomic E-state index is 3.41. The van der Waals surface area contributed by atoms with Crippen LogP contribution in [0, 0.1) is 23.7 Å². The minimum atomic E-state index is 1.07. The molecule has 0 aromatic heterocycles. The number of hydrogen-bond acceptors (Lipinski definition) is 0. The van der Waals surface area contributed by atoms with E-state index in [1.54, 1.807) is 0 Å². The van der Waals surface area contributed by atoms with E-state index < -0.39 is 0 Å². The largest absolute Gasteiger partial charge is 0.103 e. The first kappa shape index (κ1) is 43.1. The van der Waals surface area contributed by atoms with E-state index in [1.165, 1.54) is 218 Å². The molecule has 0 N–H and O–H groups in total.